The van der Waals surface area contributed by atoms with Crippen molar-refractivity contribution < 1.29 is 19.1 Å². The minimum absolute atomic E-state index is 0.0241. The van der Waals surface area contributed by atoms with Gasteiger partial charge < -0.3 is 9.47 Å². The molecule has 0 radical (unpaired) electrons. The topological polar surface area (TPSA) is 92.4 Å². The van der Waals surface area contributed by atoms with Crippen molar-refractivity contribution >= 4 is 57.4 Å². The number of esters is 1. The summed E-state index contributed by atoms with van der Waals surface area (Å²) in [6.07, 6.45) is 0. The lowest BCUT2D eigenvalue weighted by Gasteiger charge is -2.17. The van der Waals surface area contributed by atoms with Gasteiger partial charge in [0, 0.05) is 11.5 Å². The van der Waals surface area contributed by atoms with Crippen LogP contribution in [0.15, 0.2) is 58.5 Å². The fourth-order valence-corrected chi connectivity index (χ4v) is 6.01. The Morgan fingerprint density at radius 2 is 1.79 bits per heavy atom. The third-order valence-electron chi connectivity index (χ3n) is 5.69. The fraction of sp³-hybridized carbons (Fsp3) is 0.296. The first-order chi connectivity index (χ1) is 18.0. The molecule has 0 N–H and O–H groups in total. The van der Waals surface area contributed by atoms with Gasteiger partial charge in [-0.3, -0.25) is 18.7 Å². The summed E-state index contributed by atoms with van der Waals surface area (Å²) in [4.78, 5) is 43.6. The number of hydrogen-bond donors (Lipinski definition) is 0. The van der Waals surface area contributed by atoms with Crippen molar-refractivity contribution in [2.45, 2.75) is 32.9 Å². The third-order valence-corrected chi connectivity index (χ3v) is 7.98. The van der Waals surface area contributed by atoms with Crippen LogP contribution in [0.2, 0.25) is 0 Å². The molecule has 0 spiro atoms. The van der Waals surface area contributed by atoms with Crippen molar-refractivity contribution in [2.24, 2.45) is 5.41 Å². The lowest BCUT2D eigenvalue weighted by molar-refractivity contribution is -0.123. The molecule has 0 saturated carbocycles. The largest absolute Gasteiger partial charge is 0.497 e. The van der Waals surface area contributed by atoms with Gasteiger partial charge >= 0.3 is 5.97 Å². The van der Waals surface area contributed by atoms with Crippen LogP contribution in [0.3, 0.4) is 0 Å². The molecule has 4 rings (SSSR count). The number of Topliss-reactive ketones (excluding diaryl/α,β-unsaturated/α-hetero) is 1. The van der Waals surface area contributed by atoms with Crippen molar-refractivity contribution in [3.05, 3.63) is 68.4 Å². The molecule has 8 nitrogen and oxygen atoms in total. The van der Waals surface area contributed by atoms with Gasteiger partial charge in [-0.2, -0.15) is 0 Å². The highest BCUT2D eigenvalue weighted by atomic mass is 32.2. The standard InChI is InChI=1S/C27H27N3O5S3/c1-6-35-24(33)16-10-12-17(13-11-16)30-23(32)21-22(28-25(30)37-15-20(31)27(2,3)4)29(26(36)38-21)18-8-7-9-19(14-18)34-5/h7-14H,6,15H2,1-5H3. The van der Waals surface area contributed by atoms with Crippen molar-refractivity contribution in [3.63, 3.8) is 0 Å². The Morgan fingerprint density at radius 3 is 2.42 bits per heavy atom. The van der Waals surface area contributed by atoms with E-state index in [0.717, 1.165) is 0 Å². The fourth-order valence-electron chi connectivity index (χ4n) is 3.55. The number of ketones is 1. The highest BCUT2D eigenvalue weighted by Gasteiger charge is 2.24. The van der Waals surface area contributed by atoms with Crippen LogP contribution in [0.25, 0.3) is 21.7 Å². The van der Waals surface area contributed by atoms with E-state index in [0.29, 0.717) is 42.1 Å². The van der Waals surface area contributed by atoms with E-state index in [1.807, 2.05) is 45.0 Å². The maximum absolute atomic E-state index is 13.9. The van der Waals surface area contributed by atoms with E-state index in [9.17, 15) is 14.4 Å². The van der Waals surface area contributed by atoms with Crippen LogP contribution in [0.1, 0.15) is 38.1 Å². The minimum atomic E-state index is -0.541. The predicted molar refractivity (Wildman–Crippen MR) is 153 cm³/mol. The molecule has 0 saturated heterocycles. The summed E-state index contributed by atoms with van der Waals surface area (Å²) in [5.74, 6) is 0.352. The second-order valence-corrected chi connectivity index (χ2v) is 11.9. The SMILES string of the molecule is CCOC(=O)c1ccc(-n2c(SCC(=O)C(C)(C)C)nc3c(sc(=S)n3-c3cccc(OC)c3)c2=O)cc1. The molecule has 0 bridgehead atoms. The zero-order valence-corrected chi connectivity index (χ0v) is 24.1. The Bertz CT molecular complexity index is 1630. The summed E-state index contributed by atoms with van der Waals surface area (Å²) in [5.41, 5.74) is 1.14. The number of benzene rings is 2. The lowest BCUT2D eigenvalue weighted by atomic mass is 9.92. The van der Waals surface area contributed by atoms with Crippen molar-refractivity contribution in [1.82, 2.24) is 14.1 Å². The van der Waals surface area contributed by atoms with Crippen LogP contribution in [-0.4, -0.2) is 45.3 Å². The zero-order valence-electron chi connectivity index (χ0n) is 21.6. The Balaban J connectivity index is 1.91. The van der Waals surface area contributed by atoms with E-state index in [1.165, 1.54) is 27.7 Å². The Hall–Kier alpha value is -3.28. The van der Waals surface area contributed by atoms with E-state index in [1.54, 1.807) is 42.9 Å². The van der Waals surface area contributed by atoms with Crippen molar-refractivity contribution in [3.8, 4) is 17.1 Å². The van der Waals surface area contributed by atoms with Crippen LogP contribution < -0.4 is 10.3 Å². The second-order valence-electron chi connectivity index (χ2n) is 9.32. The van der Waals surface area contributed by atoms with Crippen LogP contribution >= 0.6 is 35.3 Å². The van der Waals surface area contributed by atoms with Crippen LogP contribution in [-0.2, 0) is 9.53 Å². The number of aromatic nitrogens is 3. The van der Waals surface area contributed by atoms with Gasteiger partial charge in [-0.15, -0.1) is 0 Å². The molecule has 0 amide bonds. The summed E-state index contributed by atoms with van der Waals surface area (Å²) in [6.45, 7) is 7.56. The van der Waals surface area contributed by atoms with Crippen molar-refractivity contribution in [1.29, 1.82) is 0 Å². The lowest BCUT2D eigenvalue weighted by Crippen LogP contribution is -2.25. The van der Waals surface area contributed by atoms with E-state index in [-0.39, 0.29) is 23.7 Å². The monoisotopic (exact) mass is 569 g/mol. The van der Waals surface area contributed by atoms with E-state index in [4.69, 9.17) is 26.7 Å². The predicted octanol–water partition coefficient (Wildman–Crippen LogP) is 5.86. The first-order valence-corrected chi connectivity index (χ1v) is 14.0. The summed E-state index contributed by atoms with van der Waals surface area (Å²) >= 11 is 8.00. The molecule has 0 aliphatic carbocycles. The van der Waals surface area contributed by atoms with Crippen LogP contribution in [0.4, 0.5) is 0 Å². The molecular weight excluding hydrogens is 543 g/mol. The van der Waals surface area contributed by atoms with Crippen molar-refractivity contribution in [2.75, 3.05) is 19.5 Å². The number of fused-ring (bicyclic) bond motifs is 1. The summed E-state index contributed by atoms with van der Waals surface area (Å²) < 4.78 is 14.5. The van der Waals surface area contributed by atoms with Gasteiger partial charge in [0.15, 0.2) is 14.8 Å². The maximum Gasteiger partial charge on any atom is 0.338 e. The number of methoxy groups -OCH3 is 1. The Kier molecular flexibility index (Phi) is 8.19. The second kappa shape index (κ2) is 11.2. The average molecular weight is 570 g/mol. The number of rotatable bonds is 8. The first-order valence-electron chi connectivity index (χ1n) is 11.8. The van der Waals surface area contributed by atoms with Gasteiger partial charge in [-0.25, -0.2) is 9.78 Å². The van der Waals surface area contributed by atoms with Gasteiger partial charge in [-0.05, 0) is 55.5 Å². The molecule has 2 aromatic heterocycles. The minimum Gasteiger partial charge on any atom is -0.497 e. The number of carbonyl (C=O) groups is 2. The van der Waals surface area contributed by atoms with Crippen LogP contribution in [0.5, 0.6) is 5.75 Å². The molecule has 0 fully saturated rings. The highest BCUT2D eigenvalue weighted by Crippen LogP contribution is 2.30. The molecule has 2 heterocycles. The smallest absolute Gasteiger partial charge is 0.338 e. The third kappa shape index (κ3) is 5.59. The molecule has 0 aliphatic rings. The quantitative estimate of drug-likeness (QED) is 0.113. The molecule has 11 heteroatoms. The first kappa shape index (κ1) is 27.7. The van der Waals surface area contributed by atoms with Gasteiger partial charge in [0.25, 0.3) is 5.56 Å². The Morgan fingerprint density at radius 1 is 1.08 bits per heavy atom. The summed E-state index contributed by atoms with van der Waals surface area (Å²) in [5, 5.41) is 0.341. The van der Waals surface area contributed by atoms with Gasteiger partial charge in [-0.1, -0.05) is 49.9 Å². The maximum atomic E-state index is 13.9. The molecule has 0 atom stereocenters. The number of carbonyl (C=O) groups excluding carboxylic acids is 2. The number of ether oxygens (including phenoxy) is 2. The van der Waals surface area contributed by atoms with Gasteiger partial charge in [0.05, 0.1) is 36.4 Å². The molecule has 38 heavy (non-hydrogen) atoms. The molecule has 0 unspecified atom stereocenters. The van der Waals surface area contributed by atoms with E-state index >= 15 is 0 Å². The number of thioether (sulfide) groups is 1. The van der Waals surface area contributed by atoms with Gasteiger partial charge in [0.2, 0.25) is 0 Å². The average Bonchev–Trinajstić information content (AvgIpc) is 3.23. The Labute approximate surface area is 233 Å². The van der Waals surface area contributed by atoms with E-state index in [2.05, 4.69) is 0 Å². The number of thiazole rings is 1. The molecule has 0 aliphatic heterocycles. The van der Waals surface area contributed by atoms with Gasteiger partial charge in [0.1, 0.15) is 16.2 Å². The number of hydrogen-bond acceptors (Lipinski definition) is 9. The highest BCUT2D eigenvalue weighted by molar-refractivity contribution is 7.99. The molecule has 2 aromatic carbocycles. The molecule has 4 aromatic rings. The summed E-state index contributed by atoms with van der Waals surface area (Å²) in [7, 11) is 1.58. The normalized spacial score (nSPS) is 11.5. The zero-order chi connectivity index (χ0) is 27.6. The molecule has 198 valence electrons. The van der Waals surface area contributed by atoms with Crippen LogP contribution in [0, 0.1) is 9.37 Å². The number of nitrogens with zero attached hydrogens (tertiary/aromatic N) is 3. The van der Waals surface area contributed by atoms with E-state index < -0.39 is 11.4 Å². The summed E-state index contributed by atoms with van der Waals surface area (Å²) in [6, 6.07) is 13.9. The molecular formula is C27H27N3O5S3.